The number of carboxylic acids is 1. The summed E-state index contributed by atoms with van der Waals surface area (Å²) in [4.78, 5) is 35.6. The molecule has 1 unspecified atom stereocenters. The van der Waals surface area contributed by atoms with E-state index >= 15 is 0 Å². The highest BCUT2D eigenvalue weighted by atomic mass is 79.9. The number of amides is 2. The van der Waals surface area contributed by atoms with Crippen LogP contribution in [-0.4, -0.2) is 42.3 Å². The minimum Gasteiger partial charge on any atom is -0.481 e. The smallest absolute Gasteiger partial charge is 0.407 e. The first-order chi connectivity index (χ1) is 14.4. The number of nitrogens with one attached hydrogen (secondary N) is 2. The van der Waals surface area contributed by atoms with Gasteiger partial charge >= 0.3 is 12.1 Å². The van der Waals surface area contributed by atoms with E-state index in [2.05, 4.69) is 33.1 Å². The predicted molar refractivity (Wildman–Crippen MR) is 115 cm³/mol. The number of ether oxygens (including phenoxy) is 1. The minimum atomic E-state index is -1.26. The van der Waals surface area contributed by atoms with Gasteiger partial charge in [0.15, 0.2) is 0 Å². The van der Waals surface area contributed by atoms with Crippen LogP contribution in [0.15, 0.2) is 59.6 Å². The molecule has 0 radical (unpaired) electrons. The third-order valence-electron chi connectivity index (χ3n) is 4.79. The number of benzene rings is 2. The number of rotatable bonds is 8. The van der Waals surface area contributed by atoms with Crippen LogP contribution in [0, 0.1) is 0 Å². The summed E-state index contributed by atoms with van der Waals surface area (Å²) in [6, 6.07) is 14.6. The molecule has 1 aliphatic rings. The van der Waals surface area contributed by atoms with Crippen molar-refractivity contribution in [1.82, 2.24) is 10.6 Å². The molecule has 0 saturated carbocycles. The van der Waals surface area contributed by atoms with Gasteiger partial charge in [-0.15, -0.1) is 0 Å². The van der Waals surface area contributed by atoms with Crippen molar-refractivity contribution in [1.29, 1.82) is 0 Å². The van der Waals surface area contributed by atoms with E-state index in [4.69, 9.17) is 9.84 Å². The van der Waals surface area contributed by atoms with Crippen LogP contribution in [-0.2, 0) is 14.3 Å². The summed E-state index contributed by atoms with van der Waals surface area (Å²) in [5.41, 5.74) is 4.31. The molecule has 8 heteroatoms. The largest absolute Gasteiger partial charge is 0.481 e. The number of carboxylic acid groups (broad SMARTS) is 1. The van der Waals surface area contributed by atoms with Crippen LogP contribution in [0.5, 0.6) is 0 Å². The molecule has 2 amide bonds. The van der Waals surface area contributed by atoms with Gasteiger partial charge in [-0.3, -0.25) is 9.59 Å². The van der Waals surface area contributed by atoms with Gasteiger partial charge in [-0.2, -0.15) is 0 Å². The molecule has 0 aromatic heterocycles. The van der Waals surface area contributed by atoms with E-state index in [-0.39, 0.29) is 19.1 Å². The molecule has 0 fully saturated rings. The molecular weight excluding hydrogens is 452 g/mol. The highest BCUT2D eigenvalue weighted by Crippen LogP contribution is 2.44. The Balaban J connectivity index is 1.66. The first kappa shape index (κ1) is 21.6. The number of hydrogen-bond acceptors (Lipinski definition) is 4. The van der Waals surface area contributed by atoms with E-state index in [1.54, 1.807) is 0 Å². The molecule has 1 aliphatic carbocycles. The topological polar surface area (TPSA) is 105 Å². The summed E-state index contributed by atoms with van der Waals surface area (Å²) in [7, 11) is 0. The Morgan fingerprint density at radius 1 is 1.07 bits per heavy atom. The number of alkyl carbamates (subject to hydrolysis) is 1. The van der Waals surface area contributed by atoms with Crippen molar-refractivity contribution in [3.05, 3.63) is 70.7 Å². The van der Waals surface area contributed by atoms with Crippen LogP contribution in [0.4, 0.5) is 4.79 Å². The lowest BCUT2D eigenvalue weighted by atomic mass is 9.98. The van der Waals surface area contributed by atoms with Crippen LogP contribution in [0.3, 0.4) is 0 Å². The zero-order chi connectivity index (χ0) is 21.7. The van der Waals surface area contributed by atoms with E-state index in [1.165, 1.54) is 0 Å². The number of fused-ring (bicyclic) bond motifs is 3. The van der Waals surface area contributed by atoms with Gasteiger partial charge in [0.05, 0.1) is 6.42 Å². The molecule has 3 N–H and O–H groups in total. The summed E-state index contributed by atoms with van der Waals surface area (Å²) in [5, 5.41) is 13.9. The summed E-state index contributed by atoms with van der Waals surface area (Å²) < 4.78 is 5.90. The van der Waals surface area contributed by atoms with Gasteiger partial charge in [0, 0.05) is 16.9 Å². The molecule has 2 aromatic carbocycles. The lowest BCUT2D eigenvalue weighted by molar-refractivity contribution is -0.139. The number of hydrogen-bond donors (Lipinski definition) is 3. The van der Waals surface area contributed by atoms with Crippen LogP contribution in [0.25, 0.3) is 11.1 Å². The summed E-state index contributed by atoms with van der Waals surface area (Å²) >= 11 is 3.11. The molecular formula is C22H21BrN2O5. The van der Waals surface area contributed by atoms with E-state index in [1.807, 2.05) is 48.5 Å². The Labute approximate surface area is 182 Å². The van der Waals surface area contributed by atoms with Crippen LogP contribution < -0.4 is 10.6 Å². The van der Waals surface area contributed by atoms with Crippen molar-refractivity contribution in [3.8, 4) is 11.1 Å². The maximum absolute atomic E-state index is 12.3. The predicted octanol–water partition coefficient (Wildman–Crippen LogP) is 3.39. The average Bonchev–Trinajstić information content (AvgIpc) is 3.03. The van der Waals surface area contributed by atoms with Gasteiger partial charge in [-0.05, 0) is 22.3 Å². The molecule has 1 atom stereocenters. The zero-order valence-electron chi connectivity index (χ0n) is 16.1. The zero-order valence-corrected chi connectivity index (χ0v) is 17.6. The molecule has 0 aliphatic heterocycles. The summed E-state index contributed by atoms with van der Waals surface area (Å²) in [6.45, 7) is 3.77. The molecule has 0 bridgehead atoms. The second-order valence-electron chi connectivity index (χ2n) is 6.86. The van der Waals surface area contributed by atoms with E-state index in [0.717, 1.165) is 22.3 Å². The number of halogens is 1. The SMILES string of the molecule is C=C(Br)CNC(=O)C(CC(=O)O)NC(=O)OCC1c2ccccc2-c2ccccc21. The lowest BCUT2D eigenvalue weighted by Gasteiger charge is -2.18. The van der Waals surface area contributed by atoms with Crippen molar-refractivity contribution >= 4 is 33.9 Å². The monoisotopic (exact) mass is 472 g/mol. The van der Waals surface area contributed by atoms with Crippen molar-refractivity contribution in [2.45, 2.75) is 18.4 Å². The van der Waals surface area contributed by atoms with Crippen molar-refractivity contribution in [2.75, 3.05) is 13.2 Å². The molecule has 0 heterocycles. The highest BCUT2D eigenvalue weighted by molar-refractivity contribution is 9.11. The minimum absolute atomic E-state index is 0.0689. The van der Waals surface area contributed by atoms with E-state index < -0.39 is 30.4 Å². The van der Waals surface area contributed by atoms with E-state index in [0.29, 0.717) is 4.48 Å². The van der Waals surface area contributed by atoms with Crippen molar-refractivity contribution in [3.63, 3.8) is 0 Å². The van der Waals surface area contributed by atoms with Gasteiger partial charge in [-0.1, -0.05) is 71.0 Å². The van der Waals surface area contributed by atoms with Crippen LogP contribution in [0.2, 0.25) is 0 Å². The number of carbonyl (C=O) groups excluding carboxylic acids is 2. The van der Waals surface area contributed by atoms with Gasteiger partial charge in [0.1, 0.15) is 12.6 Å². The first-order valence-corrected chi connectivity index (χ1v) is 10.1. The average molecular weight is 473 g/mol. The number of carbonyl (C=O) groups is 3. The van der Waals surface area contributed by atoms with Crippen LogP contribution >= 0.6 is 15.9 Å². The van der Waals surface area contributed by atoms with Crippen molar-refractivity contribution < 1.29 is 24.2 Å². The molecule has 0 spiro atoms. The Morgan fingerprint density at radius 2 is 1.63 bits per heavy atom. The molecule has 30 heavy (non-hydrogen) atoms. The second kappa shape index (κ2) is 9.58. The Kier molecular flexibility index (Phi) is 6.89. The fourth-order valence-corrected chi connectivity index (χ4v) is 3.61. The second-order valence-corrected chi connectivity index (χ2v) is 7.98. The summed E-state index contributed by atoms with van der Waals surface area (Å²) in [6.07, 6.45) is -1.42. The van der Waals surface area contributed by atoms with Gasteiger partial charge in [0.25, 0.3) is 0 Å². The molecule has 156 valence electrons. The summed E-state index contributed by atoms with van der Waals surface area (Å²) in [5.74, 6) is -1.98. The fourth-order valence-electron chi connectivity index (χ4n) is 3.47. The first-order valence-electron chi connectivity index (χ1n) is 9.31. The normalized spacial score (nSPS) is 13.0. The maximum atomic E-state index is 12.3. The number of aliphatic carboxylic acids is 1. The molecule has 2 aromatic rings. The Hall–Kier alpha value is -3.13. The lowest BCUT2D eigenvalue weighted by Crippen LogP contribution is -2.48. The van der Waals surface area contributed by atoms with E-state index in [9.17, 15) is 14.4 Å². The molecule has 3 rings (SSSR count). The standard InChI is InChI=1S/C22H21BrN2O5/c1-13(23)11-24-21(28)19(10-20(26)27)25-22(29)30-12-18-16-8-4-2-6-14(16)15-7-3-5-9-17(15)18/h2-9,18-19H,1,10-12H2,(H,24,28)(H,25,29)(H,26,27). The third-order valence-corrected chi connectivity index (χ3v) is 5.07. The van der Waals surface area contributed by atoms with Gasteiger partial charge < -0.3 is 20.5 Å². The van der Waals surface area contributed by atoms with Crippen molar-refractivity contribution in [2.24, 2.45) is 0 Å². The Morgan fingerprint density at radius 3 is 2.17 bits per heavy atom. The molecule has 7 nitrogen and oxygen atoms in total. The van der Waals surface area contributed by atoms with Crippen LogP contribution in [0.1, 0.15) is 23.5 Å². The maximum Gasteiger partial charge on any atom is 0.407 e. The fraction of sp³-hybridized carbons (Fsp3) is 0.227. The van der Waals surface area contributed by atoms with Gasteiger partial charge in [0.2, 0.25) is 5.91 Å². The van der Waals surface area contributed by atoms with Gasteiger partial charge in [-0.25, -0.2) is 4.79 Å². The quantitative estimate of drug-likeness (QED) is 0.545. The third kappa shape index (κ3) is 5.07. The highest BCUT2D eigenvalue weighted by Gasteiger charge is 2.30. The Bertz CT molecular complexity index is 945. The molecule has 0 saturated heterocycles.